The second-order valence-corrected chi connectivity index (χ2v) is 19.1. The average molecular weight is 728 g/mol. The number of rotatable bonds is 4. The topological polar surface area (TPSA) is 3.24 Å². The van der Waals surface area contributed by atoms with Gasteiger partial charge in [-0.05, 0) is 113 Å². The van der Waals surface area contributed by atoms with Crippen LogP contribution in [0, 0.1) is 0 Å². The summed E-state index contributed by atoms with van der Waals surface area (Å²) in [5, 5.41) is 0. The average Bonchev–Trinajstić information content (AvgIpc) is 3.64. The second-order valence-electron chi connectivity index (χ2n) is 19.1. The van der Waals surface area contributed by atoms with Crippen molar-refractivity contribution in [3.63, 3.8) is 0 Å². The van der Waals surface area contributed by atoms with Crippen molar-refractivity contribution in [1.29, 1.82) is 0 Å². The monoisotopic (exact) mass is 727 g/mol. The summed E-state index contributed by atoms with van der Waals surface area (Å²) >= 11 is 0. The van der Waals surface area contributed by atoms with Crippen molar-refractivity contribution in [1.82, 2.24) is 0 Å². The maximum absolute atomic E-state index is 2.56. The molecule has 0 unspecified atom stereocenters. The number of fused-ring (bicyclic) bond motifs is 10. The lowest BCUT2D eigenvalue weighted by molar-refractivity contribution is 0.584. The van der Waals surface area contributed by atoms with E-state index < -0.39 is 5.41 Å². The molecule has 0 N–H and O–H groups in total. The molecule has 7 aromatic carbocycles. The standard InChI is InChI=1S/C55H53N/c1-52(2,3)37-24-28-43-44-29-25-38(53(4,5)6)33-48(44)55(47(43)32-37)49-34-39(54(7,8)9)26-30-45(49)46-31-27-41(35-50(46)55)56(40-20-14-11-15-21-40)51-23-17-16-22-42(51)36-18-12-10-13-19-36/h10-35H,1-9H3. The molecular weight excluding hydrogens is 675 g/mol. The van der Waals surface area contributed by atoms with Gasteiger partial charge in [0.1, 0.15) is 0 Å². The molecular formula is C55H53N. The van der Waals surface area contributed by atoms with Crippen LogP contribution in [-0.4, -0.2) is 0 Å². The second kappa shape index (κ2) is 12.7. The van der Waals surface area contributed by atoms with E-state index in [1.54, 1.807) is 0 Å². The largest absolute Gasteiger partial charge is 0.310 e. The Kier molecular flexibility index (Phi) is 8.16. The Morgan fingerprint density at radius 3 is 1.20 bits per heavy atom. The molecule has 0 aromatic heterocycles. The van der Waals surface area contributed by atoms with E-state index in [4.69, 9.17) is 0 Å². The number of benzene rings is 7. The van der Waals surface area contributed by atoms with Gasteiger partial charge < -0.3 is 4.90 Å². The van der Waals surface area contributed by atoms with Crippen molar-refractivity contribution in [3.05, 3.63) is 197 Å². The van der Waals surface area contributed by atoms with Crippen LogP contribution in [0.3, 0.4) is 0 Å². The number of anilines is 3. The van der Waals surface area contributed by atoms with Crippen molar-refractivity contribution < 1.29 is 0 Å². The first-order valence-electron chi connectivity index (χ1n) is 20.3. The molecule has 7 aromatic rings. The van der Waals surface area contributed by atoms with E-state index in [2.05, 4.69) is 225 Å². The third-order valence-electron chi connectivity index (χ3n) is 12.4. The first kappa shape index (κ1) is 36.0. The predicted octanol–water partition coefficient (Wildman–Crippen LogP) is 15.1. The minimum atomic E-state index is -0.504. The Morgan fingerprint density at radius 1 is 0.339 bits per heavy atom. The fourth-order valence-electron chi connectivity index (χ4n) is 9.29. The van der Waals surface area contributed by atoms with Crippen LogP contribution < -0.4 is 4.90 Å². The van der Waals surface area contributed by atoms with Crippen molar-refractivity contribution >= 4 is 17.1 Å². The van der Waals surface area contributed by atoms with Crippen molar-refractivity contribution in [2.24, 2.45) is 0 Å². The Hall–Kier alpha value is -5.66. The summed E-state index contributed by atoms with van der Waals surface area (Å²) in [6.07, 6.45) is 0. The van der Waals surface area contributed by atoms with Crippen LogP contribution in [0.5, 0.6) is 0 Å². The maximum atomic E-state index is 2.56. The third kappa shape index (κ3) is 5.58. The predicted molar refractivity (Wildman–Crippen MR) is 239 cm³/mol. The van der Waals surface area contributed by atoms with Gasteiger partial charge in [0.25, 0.3) is 0 Å². The fraction of sp³-hybridized carbons (Fsp3) is 0.236. The van der Waals surface area contributed by atoms with Gasteiger partial charge in [-0.1, -0.05) is 190 Å². The zero-order chi connectivity index (χ0) is 39.2. The minimum absolute atomic E-state index is 0.00775. The lowest BCUT2D eigenvalue weighted by Crippen LogP contribution is -2.28. The van der Waals surface area contributed by atoms with Gasteiger partial charge in [0.2, 0.25) is 0 Å². The molecule has 0 bridgehead atoms. The fourth-order valence-corrected chi connectivity index (χ4v) is 9.29. The Labute approximate surface area is 334 Å². The number of hydrogen-bond acceptors (Lipinski definition) is 1. The zero-order valence-electron chi connectivity index (χ0n) is 34.5. The number of para-hydroxylation sites is 2. The van der Waals surface area contributed by atoms with Gasteiger partial charge in [-0.2, -0.15) is 0 Å². The zero-order valence-corrected chi connectivity index (χ0v) is 34.5. The molecule has 0 amide bonds. The summed E-state index contributed by atoms with van der Waals surface area (Å²) in [6.45, 7) is 21.1. The van der Waals surface area contributed by atoms with E-state index in [1.165, 1.54) is 72.3 Å². The van der Waals surface area contributed by atoms with Crippen LogP contribution in [0.4, 0.5) is 17.1 Å². The highest BCUT2D eigenvalue weighted by Crippen LogP contribution is 2.64. The smallest absolute Gasteiger partial charge is 0.0726 e. The third-order valence-corrected chi connectivity index (χ3v) is 12.4. The SMILES string of the molecule is CC(C)(C)c1ccc2c(c1)C1(c3cc(N(c4ccccc4)c4ccccc4-c4ccccc4)ccc3-2)c2cc(C(C)(C)C)ccc2-c2ccc(C(C)(C)C)cc21. The van der Waals surface area contributed by atoms with Gasteiger partial charge in [0.15, 0.2) is 0 Å². The van der Waals surface area contributed by atoms with Crippen LogP contribution in [0.15, 0.2) is 158 Å². The highest BCUT2D eigenvalue weighted by atomic mass is 15.1. The van der Waals surface area contributed by atoms with E-state index in [-0.39, 0.29) is 16.2 Å². The molecule has 1 spiro atoms. The minimum Gasteiger partial charge on any atom is -0.310 e. The lowest BCUT2D eigenvalue weighted by atomic mass is 9.68. The molecule has 1 heteroatoms. The summed E-state index contributed by atoms with van der Waals surface area (Å²) in [7, 11) is 0. The molecule has 0 saturated carbocycles. The van der Waals surface area contributed by atoms with E-state index >= 15 is 0 Å². The molecule has 278 valence electrons. The molecule has 0 atom stereocenters. The van der Waals surface area contributed by atoms with Crippen molar-refractivity contribution in [2.45, 2.75) is 84.0 Å². The van der Waals surface area contributed by atoms with E-state index in [0.29, 0.717) is 0 Å². The number of nitrogens with zero attached hydrogens (tertiary/aromatic N) is 1. The summed E-state index contributed by atoms with van der Waals surface area (Å²) in [6, 6.07) is 59.9. The first-order valence-corrected chi connectivity index (χ1v) is 20.3. The molecule has 56 heavy (non-hydrogen) atoms. The van der Waals surface area contributed by atoms with Gasteiger partial charge in [0, 0.05) is 16.9 Å². The summed E-state index contributed by atoms with van der Waals surface area (Å²) < 4.78 is 0. The highest BCUT2D eigenvalue weighted by molar-refractivity contribution is 5.97. The van der Waals surface area contributed by atoms with Gasteiger partial charge in [0.05, 0.1) is 11.1 Å². The summed E-state index contributed by atoms with van der Waals surface area (Å²) in [4.78, 5) is 2.47. The molecule has 9 rings (SSSR count). The number of hydrogen-bond donors (Lipinski definition) is 0. The molecule has 0 aliphatic heterocycles. The molecule has 2 aliphatic carbocycles. The van der Waals surface area contributed by atoms with Crippen molar-refractivity contribution in [2.75, 3.05) is 4.90 Å². The Bertz CT molecular complexity index is 2520. The van der Waals surface area contributed by atoms with Crippen LogP contribution in [0.25, 0.3) is 33.4 Å². The molecule has 0 heterocycles. The first-order chi connectivity index (χ1) is 26.7. The quantitative estimate of drug-likeness (QED) is 0.174. The molecule has 0 saturated heterocycles. The van der Waals surface area contributed by atoms with Gasteiger partial charge in [-0.15, -0.1) is 0 Å². The molecule has 0 fully saturated rings. The van der Waals surface area contributed by atoms with Crippen LogP contribution in [0.2, 0.25) is 0 Å². The lowest BCUT2D eigenvalue weighted by Gasteiger charge is -2.34. The normalized spacial score (nSPS) is 13.9. The Morgan fingerprint density at radius 2 is 0.732 bits per heavy atom. The van der Waals surface area contributed by atoms with Crippen LogP contribution >= 0.6 is 0 Å². The van der Waals surface area contributed by atoms with Crippen LogP contribution in [0.1, 0.15) is 101 Å². The summed E-state index contributed by atoms with van der Waals surface area (Å²) in [5.74, 6) is 0. The summed E-state index contributed by atoms with van der Waals surface area (Å²) in [5.41, 5.74) is 20.3. The van der Waals surface area contributed by atoms with E-state index in [0.717, 1.165) is 17.1 Å². The van der Waals surface area contributed by atoms with E-state index in [9.17, 15) is 0 Å². The van der Waals surface area contributed by atoms with Gasteiger partial charge >= 0.3 is 0 Å². The molecule has 0 radical (unpaired) electrons. The van der Waals surface area contributed by atoms with Gasteiger partial charge in [-0.25, -0.2) is 0 Å². The van der Waals surface area contributed by atoms with Crippen LogP contribution in [-0.2, 0) is 21.7 Å². The maximum Gasteiger partial charge on any atom is 0.0726 e. The van der Waals surface area contributed by atoms with E-state index in [1.807, 2.05) is 0 Å². The van der Waals surface area contributed by atoms with Crippen molar-refractivity contribution in [3.8, 4) is 33.4 Å². The highest BCUT2D eigenvalue weighted by Gasteiger charge is 2.53. The molecule has 2 aliphatic rings. The Balaban J connectivity index is 1.40. The molecule has 1 nitrogen and oxygen atoms in total. The van der Waals surface area contributed by atoms with Gasteiger partial charge in [-0.3, -0.25) is 0 Å².